The molecule has 0 N–H and O–H groups in total. The maximum atomic E-state index is 11.6. The Morgan fingerprint density at radius 3 is 2.00 bits per heavy atom. The molecular weight excluding hydrogens is 334 g/mol. The summed E-state index contributed by atoms with van der Waals surface area (Å²) in [7, 11) is 0. The van der Waals surface area contributed by atoms with Crippen molar-refractivity contribution in [2.24, 2.45) is 0 Å². The van der Waals surface area contributed by atoms with E-state index < -0.39 is 10.6 Å². The topological polar surface area (TPSA) is 87.4 Å². The molecule has 0 aliphatic carbocycles. The van der Waals surface area contributed by atoms with Crippen LogP contribution in [0.4, 0.5) is 5.69 Å². The molecule has 26 heavy (non-hydrogen) atoms. The predicted octanol–water partition coefficient (Wildman–Crippen LogP) is 4.89. The Labute approximate surface area is 150 Å². The first kappa shape index (κ1) is 17.3. The van der Waals surface area contributed by atoms with E-state index in [0.717, 1.165) is 16.7 Å². The maximum absolute atomic E-state index is 11.6. The van der Waals surface area contributed by atoms with Gasteiger partial charge in [-0.15, -0.1) is 0 Å². The van der Waals surface area contributed by atoms with Gasteiger partial charge < -0.3 is 9.47 Å². The average Bonchev–Trinajstić information content (AvgIpc) is 2.60. The second-order valence-corrected chi connectivity index (χ2v) is 5.85. The molecule has 0 amide bonds. The lowest BCUT2D eigenvalue weighted by Gasteiger charge is -2.10. The van der Waals surface area contributed by atoms with E-state index in [-0.39, 0.29) is 11.8 Å². The summed E-state index contributed by atoms with van der Waals surface area (Å²) in [6, 6.07) is 12.5. The van der Waals surface area contributed by atoms with Gasteiger partial charge in [0.05, 0.1) is 4.92 Å². The smallest absolute Gasteiger partial charge is 0.393 e. The molecule has 0 saturated heterocycles. The lowest BCUT2D eigenvalue weighted by Crippen LogP contribution is -2.01. The second-order valence-electron chi connectivity index (χ2n) is 5.85. The number of ether oxygens (including phenoxy) is 2. The number of hydrogen-bond donors (Lipinski definition) is 0. The number of nitro groups is 1. The van der Waals surface area contributed by atoms with Crippen LogP contribution in [0.5, 0.6) is 23.3 Å². The van der Waals surface area contributed by atoms with Crippen LogP contribution in [0.15, 0.2) is 48.8 Å². The van der Waals surface area contributed by atoms with E-state index in [1.165, 1.54) is 6.33 Å². The van der Waals surface area contributed by atoms with Crippen LogP contribution >= 0.6 is 0 Å². The molecule has 0 unspecified atom stereocenters. The van der Waals surface area contributed by atoms with Gasteiger partial charge in [0, 0.05) is 0 Å². The van der Waals surface area contributed by atoms with Crippen molar-refractivity contribution >= 4 is 5.69 Å². The fourth-order valence-corrected chi connectivity index (χ4v) is 2.26. The Hall–Kier alpha value is -3.48. The molecule has 0 aliphatic rings. The number of benzene rings is 2. The van der Waals surface area contributed by atoms with E-state index in [2.05, 4.69) is 9.97 Å². The molecule has 0 radical (unpaired) electrons. The summed E-state index contributed by atoms with van der Waals surface area (Å²) in [5.41, 5.74) is 2.73. The standard InChI is InChI=1S/C19H17N3O4/c1-12-4-7-15(8-5-12)25-18-17(22(23)24)19(21-11-20-18)26-16-9-6-13(2)14(3)10-16/h4-11H,1-3H3. The molecule has 1 aromatic heterocycles. The first-order valence-corrected chi connectivity index (χ1v) is 7.93. The Bertz CT molecular complexity index is 955. The van der Waals surface area contributed by atoms with Crippen LogP contribution in [0.2, 0.25) is 0 Å². The highest BCUT2D eigenvalue weighted by atomic mass is 16.6. The van der Waals surface area contributed by atoms with E-state index in [1.54, 1.807) is 24.3 Å². The summed E-state index contributed by atoms with van der Waals surface area (Å²) in [4.78, 5) is 18.8. The largest absolute Gasteiger partial charge is 0.433 e. The first-order chi connectivity index (χ1) is 12.4. The zero-order valence-electron chi connectivity index (χ0n) is 14.6. The van der Waals surface area contributed by atoms with Gasteiger partial charge in [0.2, 0.25) is 0 Å². The zero-order chi connectivity index (χ0) is 18.7. The molecule has 3 rings (SSSR count). The molecule has 132 valence electrons. The maximum Gasteiger partial charge on any atom is 0.393 e. The highest BCUT2D eigenvalue weighted by Crippen LogP contribution is 2.37. The summed E-state index contributed by atoms with van der Waals surface area (Å²) in [6.07, 6.45) is 1.17. The van der Waals surface area contributed by atoms with Gasteiger partial charge in [0.15, 0.2) is 0 Å². The van der Waals surface area contributed by atoms with E-state index in [0.29, 0.717) is 11.5 Å². The van der Waals surface area contributed by atoms with Crippen molar-refractivity contribution in [3.05, 3.63) is 75.6 Å². The molecule has 1 heterocycles. The summed E-state index contributed by atoms with van der Waals surface area (Å²) < 4.78 is 11.2. The lowest BCUT2D eigenvalue weighted by molar-refractivity contribution is -0.387. The third-order valence-corrected chi connectivity index (χ3v) is 3.87. The van der Waals surface area contributed by atoms with Crippen molar-refractivity contribution in [1.82, 2.24) is 9.97 Å². The van der Waals surface area contributed by atoms with Crippen LogP contribution in [-0.2, 0) is 0 Å². The number of rotatable bonds is 5. The Morgan fingerprint density at radius 2 is 1.42 bits per heavy atom. The van der Waals surface area contributed by atoms with Crippen molar-refractivity contribution in [3.8, 4) is 23.3 Å². The highest BCUT2D eigenvalue weighted by Gasteiger charge is 2.27. The number of aromatic nitrogens is 2. The molecule has 0 aliphatic heterocycles. The fourth-order valence-electron chi connectivity index (χ4n) is 2.26. The number of nitrogens with zero attached hydrogens (tertiary/aromatic N) is 3. The van der Waals surface area contributed by atoms with E-state index in [1.807, 2.05) is 39.0 Å². The minimum Gasteiger partial charge on any atom is -0.433 e. The zero-order valence-corrected chi connectivity index (χ0v) is 14.6. The van der Waals surface area contributed by atoms with Gasteiger partial charge in [-0.3, -0.25) is 10.1 Å². The minimum absolute atomic E-state index is 0.171. The molecule has 3 aromatic rings. The van der Waals surface area contributed by atoms with E-state index in [4.69, 9.17) is 9.47 Å². The van der Waals surface area contributed by atoms with E-state index >= 15 is 0 Å². The van der Waals surface area contributed by atoms with Crippen molar-refractivity contribution in [2.75, 3.05) is 0 Å². The molecule has 7 nitrogen and oxygen atoms in total. The average molecular weight is 351 g/mol. The monoisotopic (exact) mass is 351 g/mol. The molecule has 2 aromatic carbocycles. The molecular formula is C19H17N3O4. The molecule has 0 atom stereocenters. The van der Waals surface area contributed by atoms with Crippen LogP contribution in [0.1, 0.15) is 16.7 Å². The van der Waals surface area contributed by atoms with Crippen LogP contribution in [0.25, 0.3) is 0 Å². The van der Waals surface area contributed by atoms with Crippen molar-refractivity contribution in [1.29, 1.82) is 0 Å². The summed E-state index contributed by atoms with van der Waals surface area (Å²) in [5.74, 6) is 0.550. The molecule has 0 fully saturated rings. The highest BCUT2D eigenvalue weighted by molar-refractivity contribution is 5.52. The molecule has 0 bridgehead atoms. The molecule has 0 saturated carbocycles. The number of aryl methyl sites for hydroxylation is 3. The van der Waals surface area contributed by atoms with Gasteiger partial charge in [-0.05, 0) is 56.2 Å². The van der Waals surface area contributed by atoms with E-state index in [9.17, 15) is 10.1 Å². The normalized spacial score (nSPS) is 10.4. The van der Waals surface area contributed by atoms with Crippen molar-refractivity contribution < 1.29 is 14.4 Å². The van der Waals surface area contributed by atoms with Gasteiger partial charge in [-0.1, -0.05) is 23.8 Å². The molecule has 0 spiro atoms. The summed E-state index contributed by atoms with van der Waals surface area (Å²) in [5, 5.41) is 11.6. The van der Waals surface area contributed by atoms with Gasteiger partial charge in [-0.25, -0.2) is 0 Å². The summed E-state index contributed by atoms with van der Waals surface area (Å²) in [6.45, 7) is 5.84. The third kappa shape index (κ3) is 3.77. The van der Waals surface area contributed by atoms with Crippen LogP contribution in [0, 0.1) is 30.9 Å². The quantitative estimate of drug-likeness (QED) is 0.480. The Morgan fingerprint density at radius 1 is 0.846 bits per heavy atom. The van der Waals surface area contributed by atoms with Gasteiger partial charge in [0.1, 0.15) is 17.8 Å². The second kappa shape index (κ2) is 7.18. The van der Waals surface area contributed by atoms with Crippen LogP contribution in [0.3, 0.4) is 0 Å². The van der Waals surface area contributed by atoms with Crippen molar-refractivity contribution in [3.63, 3.8) is 0 Å². The van der Waals surface area contributed by atoms with Gasteiger partial charge in [-0.2, -0.15) is 9.97 Å². The van der Waals surface area contributed by atoms with Crippen LogP contribution < -0.4 is 9.47 Å². The minimum atomic E-state index is -0.611. The predicted molar refractivity (Wildman–Crippen MR) is 95.9 cm³/mol. The first-order valence-electron chi connectivity index (χ1n) is 7.93. The third-order valence-electron chi connectivity index (χ3n) is 3.87. The van der Waals surface area contributed by atoms with Gasteiger partial charge in [0.25, 0.3) is 0 Å². The lowest BCUT2D eigenvalue weighted by atomic mass is 10.1. The Balaban J connectivity index is 1.96. The summed E-state index contributed by atoms with van der Waals surface area (Å²) >= 11 is 0. The molecule has 7 heteroatoms. The van der Waals surface area contributed by atoms with Gasteiger partial charge >= 0.3 is 17.4 Å². The fraction of sp³-hybridized carbons (Fsp3) is 0.158. The van der Waals surface area contributed by atoms with Crippen molar-refractivity contribution in [2.45, 2.75) is 20.8 Å². The Kier molecular flexibility index (Phi) is 4.79. The number of hydrogen-bond acceptors (Lipinski definition) is 6. The SMILES string of the molecule is Cc1ccc(Oc2ncnc(Oc3ccc(C)c(C)c3)c2[N+](=O)[O-])cc1. The van der Waals surface area contributed by atoms with Crippen LogP contribution in [-0.4, -0.2) is 14.9 Å².